The number of ketones is 1. The third-order valence-electron chi connectivity index (χ3n) is 5.34. The lowest BCUT2D eigenvalue weighted by Crippen LogP contribution is -2.47. The largest absolute Gasteiger partial charge is 0.336 e. The summed E-state index contributed by atoms with van der Waals surface area (Å²) in [6, 6.07) is 5.22. The van der Waals surface area contributed by atoms with Crippen LogP contribution in [0.15, 0.2) is 24.4 Å². The van der Waals surface area contributed by atoms with Crippen LogP contribution < -0.4 is 5.32 Å². The monoisotopic (exact) mass is 369 g/mol. The Kier molecular flexibility index (Phi) is 5.88. The molecule has 0 saturated carbocycles. The van der Waals surface area contributed by atoms with E-state index in [1.165, 1.54) is 5.56 Å². The summed E-state index contributed by atoms with van der Waals surface area (Å²) < 4.78 is 1.93. The molecule has 1 aliphatic rings. The maximum Gasteiger partial charge on any atom is 0.317 e. The van der Waals surface area contributed by atoms with Crippen molar-refractivity contribution in [2.45, 2.75) is 40.2 Å². The highest BCUT2D eigenvalue weighted by Crippen LogP contribution is 2.20. The van der Waals surface area contributed by atoms with Gasteiger partial charge in [0.15, 0.2) is 5.78 Å². The summed E-state index contributed by atoms with van der Waals surface area (Å²) in [4.78, 5) is 31.0. The summed E-state index contributed by atoms with van der Waals surface area (Å²) in [6.07, 6.45) is 3.25. The molecule has 27 heavy (non-hydrogen) atoms. The van der Waals surface area contributed by atoms with Crippen molar-refractivity contribution in [3.8, 4) is 0 Å². The molecule has 1 fully saturated rings. The van der Waals surface area contributed by atoms with Crippen LogP contribution in [0, 0.1) is 26.7 Å². The first-order chi connectivity index (χ1) is 13.0. The summed E-state index contributed by atoms with van der Waals surface area (Å²) >= 11 is 0. The zero-order valence-corrected chi connectivity index (χ0v) is 16.2. The molecule has 0 bridgehead atoms. The van der Waals surface area contributed by atoms with Crippen LogP contribution in [0.25, 0.3) is 0 Å². The number of hydrogen-bond acceptors (Lipinski definition) is 4. The van der Waals surface area contributed by atoms with E-state index in [2.05, 4.69) is 22.3 Å². The number of carbonyl (C=O) groups is 2. The fraction of sp³-hybridized carbons (Fsp3) is 0.500. The first-order valence-corrected chi connectivity index (χ1v) is 9.46. The summed E-state index contributed by atoms with van der Waals surface area (Å²) in [5.74, 6) is -0.163. The number of aryl methyl sites for hydroxylation is 1. The number of nitrogens with zero attached hydrogens (tertiary/aromatic N) is 4. The molecule has 2 aromatic heterocycles. The molecule has 1 atom stereocenters. The van der Waals surface area contributed by atoms with Gasteiger partial charge in [-0.1, -0.05) is 6.07 Å². The Morgan fingerprint density at radius 1 is 1.26 bits per heavy atom. The van der Waals surface area contributed by atoms with Crippen LogP contribution in [0.1, 0.15) is 40.3 Å². The quantitative estimate of drug-likeness (QED) is 0.821. The Labute approximate surface area is 159 Å². The second-order valence-electron chi connectivity index (χ2n) is 7.12. The van der Waals surface area contributed by atoms with Gasteiger partial charge in [-0.05, 0) is 51.3 Å². The van der Waals surface area contributed by atoms with Crippen LogP contribution in [0.3, 0.4) is 0 Å². The average Bonchev–Trinajstić information content (AvgIpc) is 2.95. The number of amides is 2. The van der Waals surface area contributed by atoms with E-state index in [9.17, 15) is 9.59 Å². The molecule has 7 nitrogen and oxygen atoms in total. The number of pyridine rings is 1. The van der Waals surface area contributed by atoms with Gasteiger partial charge in [-0.25, -0.2) is 4.79 Å². The first kappa shape index (κ1) is 19.1. The van der Waals surface area contributed by atoms with Crippen LogP contribution >= 0.6 is 0 Å². The van der Waals surface area contributed by atoms with E-state index in [1.807, 2.05) is 24.6 Å². The summed E-state index contributed by atoms with van der Waals surface area (Å²) in [5.41, 5.74) is 3.81. The second-order valence-corrected chi connectivity index (χ2v) is 7.12. The van der Waals surface area contributed by atoms with Gasteiger partial charge in [0.05, 0.1) is 12.2 Å². The van der Waals surface area contributed by atoms with Crippen molar-refractivity contribution in [3.05, 3.63) is 47.0 Å². The number of urea groups is 1. The van der Waals surface area contributed by atoms with Crippen molar-refractivity contribution in [1.29, 1.82) is 0 Å². The molecule has 1 aliphatic heterocycles. The van der Waals surface area contributed by atoms with E-state index in [1.54, 1.807) is 23.2 Å². The Morgan fingerprint density at radius 2 is 2.07 bits per heavy atom. The van der Waals surface area contributed by atoms with E-state index in [-0.39, 0.29) is 17.7 Å². The molecule has 1 N–H and O–H groups in total. The normalized spacial score (nSPS) is 17.0. The number of likely N-dealkylation sites (tertiary alicyclic amines) is 1. The third-order valence-corrected chi connectivity index (χ3v) is 5.34. The highest BCUT2D eigenvalue weighted by atomic mass is 16.2. The molecule has 0 aliphatic carbocycles. The van der Waals surface area contributed by atoms with Crippen molar-refractivity contribution in [2.75, 3.05) is 19.6 Å². The molecule has 3 heterocycles. The zero-order chi connectivity index (χ0) is 19.4. The van der Waals surface area contributed by atoms with Crippen molar-refractivity contribution in [1.82, 2.24) is 25.0 Å². The van der Waals surface area contributed by atoms with Gasteiger partial charge in [0.1, 0.15) is 5.69 Å². The average molecular weight is 369 g/mol. The molecule has 2 aromatic rings. The predicted molar refractivity (Wildman–Crippen MR) is 103 cm³/mol. The fourth-order valence-corrected chi connectivity index (χ4v) is 3.48. The maximum atomic E-state index is 12.6. The van der Waals surface area contributed by atoms with Crippen LogP contribution in [-0.2, 0) is 6.54 Å². The first-order valence-electron chi connectivity index (χ1n) is 9.46. The van der Waals surface area contributed by atoms with Gasteiger partial charge in [0.25, 0.3) is 0 Å². The summed E-state index contributed by atoms with van der Waals surface area (Å²) in [6.45, 7) is 8.35. The van der Waals surface area contributed by atoms with Crippen LogP contribution in [0.2, 0.25) is 0 Å². The number of Topliss-reactive ketones (excluding diaryl/α,β-unsaturated/α-hetero) is 1. The minimum atomic E-state index is -0.182. The lowest BCUT2D eigenvalue weighted by atomic mass is 9.92. The second kappa shape index (κ2) is 8.33. The summed E-state index contributed by atoms with van der Waals surface area (Å²) in [5, 5.41) is 7.44. The lowest BCUT2D eigenvalue weighted by Gasteiger charge is -2.32. The van der Waals surface area contributed by atoms with Gasteiger partial charge >= 0.3 is 6.03 Å². The zero-order valence-electron chi connectivity index (χ0n) is 16.2. The van der Waals surface area contributed by atoms with E-state index in [0.29, 0.717) is 31.9 Å². The predicted octanol–water partition coefficient (Wildman–Crippen LogP) is 2.51. The van der Waals surface area contributed by atoms with Gasteiger partial charge in [-0.3, -0.25) is 14.5 Å². The lowest BCUT2D eigenvalue weighted by molar-refractivity contribution is 0.0840. The standard InChI is InChI=1S/C20H27N5O2/c1-14-15(2)23-25(16(14)3)12-10-22-20(27)24-11-6-7-17(13-24)19(26)18-8-4-5-9-21-18/h4-5,8-9,17H,6-7,10-13H2,1-3H3,(H,22,27). The van der Waals surface area contributed by atoms with Gasteiger partial charge < -0.3 is 10.2 Å². The van der Waals surface area contributed by atoms with Crippen molar-refractivity contribution >= 4 is 11.8 Å². The fourth-order valence-electron chi connectivity index (χ4n) is 3.48. The molecule has 7 heteroatoms. The topological polar surface area (TPSA) is 80.1 Å². The van der Waals surface area contributed by atoms with Crippen LogP contribution in [0.5, 0.6) is 0 Å². The van der Waals surface area contributed by atoms with Crippen molar-refractivity contribution < 1.29 is 9.59 Å². The molecule has 0 radical (unpaired) electrons. The molecule has 2 amide bonds. The maximum absolute atomic E-state index is 12.6. The number of aromatic nitrogens is 3. The Morgan fingerprint density at radius 3 is 2.74 bits per heavy atom. The molecule has 0 aromatic carbocycles. The number of nitrogens with one attached hydrogen (secondary N) is 1. The van der Waals surface area contributed by atoms with Crippen LogP contribution in [-0.4, -0.2) is 51.1 Å². The molecular formula is C20H27N5O2. The summed E-state index contributed by atoms with van der Waals surface area (Å²) in [7, 11) is 0. The number of hydrogen-bond donors (Lipinski definition) is 1. The Hall–Kier alpha value is -2.70. The molecular weight excluding hydrogens is 342 g/mol. The van der Waals surface area contributed by atoms with Crippen molar-refractivity contribution in [3.63, 3.8) is 0 Å². The van der Waals surface area contributed by atoms with Gasteiger partial charge in [-0.15, -0.1) is 0 Å². The molecule has 1 saturated heterocycles. The Bertz CT molecular complexity index is 815. The van der Waals surface area contributed by atoms with Crippen LogP contribution in [0.4, 0.5) is 4.79 Å². The number of rotatable bonds is 5. The molecule has 0 spiro atoms. The number of piperidine rings is 1. The molecule has 144 valence electrons. The molecule has 3 rings (SSSR count). The minimum Gasteiger partial charge on any atom is -0.336 e. The Balaban J connectivity index is 1.52. The van der Waals surface area contributed by atoms with Crippen molar-refractivity contribution in [2.24, 2.45) is 5.92 Å². The van der Waals surface area contributed by atoms with E-state index >= 15 is 0 Å². The number of carbonyl (C=O) groups excluding carboxylic acids is 2. The third kappa shape index (κ3) is 4.35. The minimum absolute atomic E-state index is 0.0196. The van der Waals surface area contributed by atoms with Gasteiger partial charge in [0, 0.05) is 37.4 Å². The van der Waals surface area contributed by atoms with Gasteiger partial charge in [-0.2, -0.15) is 5.10 Å². The van der Waals surface area contributed by atoms with Gasteiger partial charge in [0.2, 0.25) is 0 Å². The molecule has 1 unspecified atom stereocenters. The highest BCUT2D eigenvalue weighted by molar-refractivity contribution is 5.96. The van der Waals surface area contributed by atoms with E-state index < -0.39 is 0 Å². The van der Waals surface area contributed by atoms with E-state index in [0.717, 1.165) is 24.2 Å². The SMILES string of the molecule is Cc1nn(CCNC(=O)N2CCCC(C(=O)c3ccccn3)C2)c(C)c1C. The smallest absolute Gasteiger partial charge is 0.317 e. The highest BCUT2D eigenvalue weighted by Gasteiger charge is 2.29. The van der Waals surface area contributed by atoms with E-state index in [4.69, 9.17) is 0 Å².